The van der Waals surface area contributed by atoms with Crippen molar-refractivity contribution in [2.24, 2.45) is 5.92 Å². The Labute approximate surface area is 112 Å². The molecule has 0 spiro atoms. The van der Waals surface area contributed by atoms with Gasteiger partial charge in [-0.3, -0.25) is 4.90 Å². The van der Waals surface area contributed by atoms with Crippen LogP contribution in [-0.4, -0.2) is 72.6 Å². The highest BCUT2D eigenvalue weighted by Crippen LogP contribution is 2.36. The maximum atomic E-state index is 2.79. The number of hydrogen-bond acceptors (Lipinski definition) is 3. The Hall–Kier alpha value is -0.120. The van der Waals surface area contributed by atoms with Crippen molar-refractivity contribution in [2.45, 2.75) is 51.2 Å². The number of fused-ring (bicyclic) bond motifs is 1. The molecule has 0 bridgehead atoms. The maximum absolute atomic E-state index is 2.79. The van der Waals surface area contributed by atoms with Crippen molar-refractivity contribution in [3.8, 4) is 0 Å². The predicted molar refractivity (Wildman–Crippen MR) is 75.8 cm³/mol. The van der Waals surface area contributed by atoms with Crippen LogP contribution in [0.1, 0.15) is 33.1 Å². The van der Waals surface area contributed by atoms with Gasteiger partial charge in [0.25, 0.3) is 0 Å². The second-order valence-electron chi connectivity index (χ2n) is 6.92. The molecule has 1 saturated carbocycles. The van der Waals surface area contributed by atoms with E-state index in [0.717, 1.165) is 24.0 Å². The SMILES string of the molecule is CC(C)N1CCC(CN2CCN(C)C3CC32)CC1. The molecule has 0 aromatic carbocycles. The smallest absolute Gasteiger partial charge is 0.0268 e. The van der Waals surface area contributed by atoms with Crippen molar-refractivity contribution < 1.29 is 0 Å². The minimum absolute atomic E-state index is 0.738. The number of likely N-dealkylation sites (tertiary alicyclic amines) is 1. The van der Waals surface area contributed by atoms with Crippen LogP contribution in [0, 0.1) is 5.92 Å². The summed E-state index contributed by atoms with van der Waals surface area (Å²) in [5.74, 6) is 0.963. The molecule has 0 N–H and O–H groups in total. The van der Waals surface area contributed by atoms with Gasteiger partial charge in [0.2, 0.25) is 0 Å². The molecule has 2 unspecified atom stereocenters. The van der Waals surface area contributed by atoms with Crippen LogP contribution in [0.4, 0.5) is 0 Å². The van der Waals surface area contributed by atoms with Gasteiger partial charge in [0.05, 0.1) is 0 Å². The van der Waals surface area contributed by atoms with Gasteiger partial charge in [-0.2, -0.15) is 0 Å². The third-order valence-corrected chi connectivity index (χ3v) is 5.37. The third kappa shape index (κ3) is 2.59. The average molecular weight is 251 g/mol. The van der Waals surface area contributed by atoms with E-state index in [1.54, 1.807) is 0 Å². The van der Waals surface area contributed by atoms with Crippen molar-refractivity contribution in [3.63, 3.8) is 0 Å². The first-order valence-corrected chi connectivity index (χ1v) is 7.83. The number of nitrogens with zero attached hydrogens (tertiary/aromatic N) is 3. The standard InChI is InChI=1S/C15H29N3/c1-12(2)17-6-4-13(5-7-17)11-18-9-8-16(3)14-10-15(14)18/h12-15H,4-11H2,1-3H3. The van der Waals surface area contributed by atoms with Crippen LogP contribution in [0.15, 0.2) is 0 Å². The summed E-state index contributed by atoms with van der Waals surface area (Å²) in [6, 6.07) is 2.55. The maximum Gasteiger partial charge on any atom is 0.0268 e. The van der Waals surface area contributed by atoms with Crippen LogP contribution < -0.4 is 0 Å². The first-order valence-electron chi connectivity index (χ1n) is 7.83. The first kappa shape index (κ1) is 12.9. The molecule has 2 aliphatic heterocycles. The van der Waals surface area contributed by atoms with Gasteiger partial charge < -0.3 is 9.80 Å². The molecule has 104 valence electrons. The minimum Gasteiger partial charge on any atom is -0.301 e. The monoisotopic (exact) mass is 251 g/mol. The number of likely N-dealkylation sites (N-methyl/N-ethyl adjacent to an activating group) is 1. The number of piperidine rings is 1. The van der Waals surface area contributed by atoms with Gasteiger partial charge in [-0.1, -0.05) is 0 Å². The molecule has 0 aromatic heterocycles. The quantitative estimate of drug-likeness (QED) is 0.752. The molecule has 2 heterocycles. The van der Waals surface area contributed by atoms with E-state index in [1.165, 1.54) is 52.0 Å². The molecular formula is C15H29N3. The van der Waals surface area contributed by atoms with Gasteiger partial charge in [0, 0.05) is 37.8 Å². The normalized spacial score (nSPS) is 36.0. The summed E-state index contributed by atoms with van der Waals surface area (Å²) in [7, 11) is 2.29. The summed E-state index contributed by atoms with van der Waals surface area (Å²) < 4.78 is 0. The minimum atomic E-state index is 0.738. The highest BCUT2D eigenvalue weighted by atomic mass is 15.3. The fourth-order valence-corrected chi connectivity index (χ4v) is 3.86. The molecular weight excluding hydrogens is 222 g/mol. The first-order chi connectivity index (χ1) is 8.65. The Morgan fingerprint density at radius 1 is 1.00 bits per heavy atom. The summed E-state index contributed by atoms with van der Waals surface area (Å²) >= 11 is 0. The topological polar surface area (TPSA) is 9.72 Å². The molecule has 0 amide bonds. The zero-order valence-electron chi connectivity index (χ0n) is 12.3. The van der Waals surface area contributed by atoms with Gasteiger partial charge in [-0.15, -0.1) is 0 Å². The van der Waals surface area contributed by atoms with E-state index in [4.69, 9.17) is 0 Å². The highest BCUT2D eigenvalue weighted by molar-refractivity contribution is 5.05. The Morgan fingerprint density at radius 3 is 2.39 bits per heavy atom. The summed E-state index contributed by atoms with van der Waals surface area (Å²) in [6.45, 7) is 11.3. The van der Waals surface area contributed by atoms with Crippen molar-refractivity contribution in [1.29, 1.82) is 0 Å². The highest BCUT2D eigenvalue weighted by Gasteiger charge is 2.47. The van der Waals surface area contributed by atoms with E-state index in [2.05, 4.69) is 35.6 Å². The van der Waals surface area contributed by atoms with Crippen LogP contribution in [0.5, 0.6) is 0 Å². The van der Waals surface area contributed by atoms with Gasteiger partial charge in [-0.05, 0) is 59.2 Å². The predicted octanol–water partition coefficient (Wildman–Crippen LogP) is 1.50. The molecule has 2 saturated heterocycles. The Kier molecular flexibility index (Phi) is 3.65. The molecule has 2 atom stereocenters. The van der Waals surface area contributed by atoms with E-state index in [0.29, 0.717) is 0 Å². The van der Waals surface area contributed by atoms with Gasteiger partial charge in [0.15, 0.2) is 0 Å². The lowest BCUT2D eigenvalue weighted by Crippen LogP contribution is -2.48. The molecule has 3 aliphatic rings. The van der Waals surface area contributed by atoms with Crippen LogP contribution in [0.3, 0.4) is 0 Å². The van der Waals surface area contributed by atoms with E-state index in [1.807, 2.05) is 0 Å². The average Bonchev–Trinajstić information content (AvgIpc) is 3.14. The van der Waals surface area contributed by atoms with Crippen molar-refractivity contribution in [3.05, 3.63) is 0 Å². The molecule has 0 radical (unpaired) electrons. The third-order valence-electron chi connectivity index (χ3n) is 5.37. The molecule has 3 nitrogen and oxygen atoms in total. The van der Waals surface area contributed by atoms with E-state index in [-0.39, 0.29) is 0 Å². The van der Waals surface area contributed by atoms with Gasteiger partial charge in [-0.25, -0.2) is 0 Å². The molecule has 3 fully saturated rings. The number of rotatable bonds is 3. The van der Waals surface area contributed by atoms with Crippen LogP contribution in [0.25, 0.3) is 0 Å². The zero-order chi connectivity index (χ0) is 12.7. The summed E-state index contributed by atoms with van der Waals surface area (Å²) in [5, 5.41) is 0. The molecule has 3 rings (SSSR count). The fourth-order valence-electron chi connectivity index (χ4n) is 3.86. The Bertz CT molecular complexity index is 283. The van der Waals surface area contributed by atoms with Crippen molar-refractivity contribution in [2.75, 3.05) is 39.8 Å². The number of hydrogen-bond donors (Lipinski definition) is 0. The molecule has 1 aliphatic carbocycles. The van der Waals surface area contributed by atoms with Crippen LogP contribution in [0.2, 0.25) is 0 Å². The summed E-state index contributed by atoms with van der Waals surface area (Å²) in [4.78, 5) is 7.99. The largest absolute Gasteiger partial charge is 0.301 e. The van der Waals surface area contributed by atoms with Gasteiger partial charge >= 0.3 is 0 Å². The van der Waals surface area contributed by atoms with E-state index in [9.17, 15) is 0 Å². The molecule has 0 aromatic rings. The van der Waals surface area contributed by atoms with Crippen molar-refractivity contribution >= 4 is 0 Å². The van der Waals surface area contributed by atoms with E-state index >= 15 is 0 Å². The lowest BCUT2D eigenvalue weighted by molar-refractivity contribution is 0.0928. The van der Waals surface area contributed by atoms with Crippen LogP contribution in [-0.2, 0) is 0 Å². The lowest BCUT2D eigenvalue weighted by atomic mass is 9.95. The second kappa shape index (κ2) is 5.10. The van der Waals surface area contributed by atoms with Crippen molar-refractivity contribution in [1.82, 2.24) is 14.7 Å². The number of piperazine rings is 1. The van der Waals surface area contributed by atoms with E-state index < -0.39 is 0 Å². The zero-order valence-corrected chi connectivity index (χ0v) is 12.3. The summed E-state index contributed by atoms with van der Waals surface area (Å²) in [5.41, 5.74) is 0. The lowest BCUT2D eigenvalue weighted by Gasteiger charge is -2.38. The second-order valence-corrected chi connectivity index (χ2v) is 6.92. The molecule has 3 heteroatoms. The van der Waals surface area contributed by atoms with Gasteiger partial charge in [0.1, 0.15) is 0 Å². The Morgan fingerprint density at radius 2 is 1.72 bits per heavy atom. The van der Waals surface area contributed by atoms with Crippen LogP contribution >= 0.6 is 0 Å². The fraction of sp³-hybridized carbons (Fsp3) is 1.00. The molecule has 18 heavy (non-hydrogen) atoms. The Balaban J connectivity index is 1.45. The summed E-state index contributed by atoms with van der Waals surface area (Å²) in [6.07, 6.45) is 4.27.